The van der Waals surface area contributed by atoms with E-state index in [1.54, 1.807) is 24.3 Å². The minimum absolute atomic E-state index is 0.259. The van der Waals surface area contributed by atoms with Crippen LogP contribution in [0.4, 0.5) is 0 Å². The maximum atomic E-state index is 12.6. The molecule has 3 nitrogen and oxygen atoms in total. The van der Waals surface area contributed by atoms with Gasteiger partial charge >= 0.3 is 0 Å². The van der Waals surface area contributed by atoms with Gasteiger partial charge in [0.1, 0.15) is 0 Å². The van der Waals surface area contributed by atoms with Crippen molar-refractivity contribution in [3.63, 3.8) is 0 Å². The quantitative estimate of drug-likeness (QED) is 0.453. The summed E-state index contributed by atoms with van der Waals surface area (Å²) in [5.74, 6) is -0.767. The van der Waals surface area contributed by atoms with E-state index in [1.165, 1.54) is 0 Å². The molecule has 0 bridgehead atoms. The van der Waals surface area contributed by atoms with Gasteiger partial charge in [0.15, 0.2) is 4.32 Å². The van der Waals surface area contributed by atoms with E-state index in [1.807, 2.05) is 55.5 Å². The van der Waals surface area contributed by atoms with Crippen molar-refractivity contribution in [2.45, 2.75) is 6.92 Å². The summed E-state index contributed by atoms with van der Waals surface area (Å²) in [6.07, 6.45) is 5.38. The van der Waals surface area contributed by atoms with E-state index in [-0.39, 0.29) is 10.2 Å². The highest BCUT2D eigenvalue weighted by molar-refractivity contribution is 8.26. The maximum Gasteiger partial charge on any atom is 0.273 e. The third kappa shape index (κ3) is 3.95. The van der Waals surface area contributed by atoms with E-state index in [0.29, 0.717) is 10.5 Å². The highest BCUT2D eigenvalue weighted by Gasteiger charge is 2.36. The molecule has 1 aliphatic rings. The van der Waals surface area contributed by atoms with Crippen LogP contribution in [0.5, 0.6) is 0 Å². The van der Waals surface area contributed by atoms with E-state index in [2.05, 4.69) is 0 Å². The summed E-state index contributed by atoms with van der Waals surface area (Å²) < 4.78 is 0.259. The summed E-state index contributed by atoms with van der Waals surface area (Å²) >= 11 is 6.36. The number of hydrogen-bond acceptors (Lipinski definition) is 4. The molecule has 2 aromatic carbocycles. The molecule has 0 N–H and O–H groups in total. The number of nitrogens with zero attached hydrogens (tertiary/aromatic N) is 1. The number of imide groups is 1. The van der Waals surface area contributed by atoms with Crippen LogP contribution in [0.2, 0.25) is 0 Å². The van der Waals surface area contributed by atoms with Gasteiger partial charge in [-0.2, -0.15) is 0 Å². The number of benzene rings is 2. The Bertz CT molecular complexity index is 884. The fourth-order valence-corrected chi connectivity index (χ4v) is 3.50. The standard InChI is InChI=1S/C20H15NO2S2/c1-14-10-12-16(13-11-14)18(22)21-19(23)17(25-20(21)24)9-5-8-15-6-3-2-4-7-15/h2-13H,1H3/b8-5+,17-9-. The summed E-state index contributed by atoms with van der Waals surface area (Å²) in [6.45, 7) is 1.94. The van der Waals surface area contributed by atoms with E-state index >= 15 is 0 Å². The fraction of sp³-hybridized carbons (Fsp3) is 0.0500. The summed E-state index contributed by atoms with van der Waals surface area (Å²) in [5, 5.41) is 0. The second-order valence-corrected chi connectivity index (χ2v) is 7.16. The molecule has 5 heteroatoms. The lowest BCUT2D eigenvalue weighted by Gasteiger charge is -2.12. The van der Waals surface area contributed by atoms with Gasteiger partial charge in [-0.15, -0.1) is 0 Å². The van der Waals surface area contributed by atoms with Crippen LogP contribution >= 0.6 is 24.0 Å². The number of thiocarbonyl (C=S) groups is 1. The van der Waals surface area contributed by atoms with Crippen molar-refractivity contribution in [3.05, 3.63) is 88.3 Å². The SMILES string of the molecule is Cc1ccc(C(=O)N2C(=O)/C(=C/C=C/c3ccccc3)SC2=S)cc1. The van der Waals surface area contributed by atoms with Crippen molar-refractivity contribution in [2.24, 2.45) is 0 Å². The molecule has 1 saturated heterocycles. The Morgan fingerprint density at radius 1 is 1.08 bits per heavy atom. The molecule has 1 fully saturated rings. The molecule has 1 aliphatic heterocycles. The third-order valence-electron chi connectivity index (χ3n) is 3.63. The first-order chi connectivity index (χ1) is 12.1. The first-order valence-corrected chi connectivity index (χ1v) is 8.89. The number of carbonyl (C=O) groups is 2. The van der Waals surface area contributed by atoms with Gasteiger partial charge in [0.2, 0.25) is 0 Å². The van der Waals surface area contributed by atoms with Crippen molar-refractivity contribution in [1.29, 1.82) is 0 Å². The lowest BCUT2D eigenvalue weighted by atomic mass is 10.1. The van der Waals surface area contributed by atoms with Crippen molar-refractivity contribution in [3.8, 4) is 0 Å². The number of hydrogen-bond donors (Lipinski definition) is 0. The first kappa shape index (κ1) is 17.3. The molecule has 0 aromatic heterocycles. The van der Waals surface area contributed by atoms with Gasteiger partial charge in [0.05, 0.1) is 4.91 Å². The van der Waals surface area contributed by atoms with Gasteiger partial charge in [0, 0.05) is 5.56 Å². The Labute approximate surface area is 156 Å². The molecule has 0 atom stereocenters. The molecule has 0 aliphatic carbocycles. The Balaban J connectivity index is 1.78. The summed E-state index contributed by atoms with van der Waals surface area (Å²) in [5.41, 5.74) is 2.53. The summed E-state index contributed by atoms with van der Waals surface area (Å²) in [6, 6.07) is 16.8. The Kier molecular flexibility index (Phi) is 5.26. The molecule has 0 unspecified atom stereocenters. The van der Waals surface area contributed by atoms with Crippen LogP contribution in [0.3, 0.4) is 0 Å². The van der Waals surface area contributed by atoms with Gasteiger partial charge in [-0.3, -0.25) is 9.59 Å². The molecule has 0 spiro atoms. The van der Waals surface area contributed by atoms with Crippen molar-refractivity contribution in [2.75, 3.05) is 0 Å². The Morgan fingerprint density at radius 3 is 2.44 bits per heavy atom. The molecule has 25 heavy (non-hydrogen) atoms. The van der Waals surface area contributed by atoms with Crippen LogP contribution in [0.15, 0.2) is 71.7 Å². The molecular weight excluding hydrogens is 350 g/mol. The monoisotopic (exact) mass is 365 g/mol. The topological polar surface area (TPSA) is 37.4 Å². The average molecular weight is 365 g/mol. The van der Waals surface area contributed by atoms with Crippen LogP contribution in [-0.4, -0.2) is 21.0 Å². The molecule has 3 rings (SSSR count). The number of aryl methyl sites for hydroxylation is 1. The predicted molar refractivity (Wildman–Crippen MR) is 106 cm³/mol. The van der Waals surface area contributed by atoms with Crippen molar-refractivity contribution < 1.29 is 9.59 Å². The lowest BCUT2D eigenvalue weighted by molar-refractivity contribution is -0.120. The second-order valence-electron chi connectivity index (χ2n) is 5.48. The number of amides is 2. The fourth-order valence-electron chi connectivity index (χ4n) is 2.29. The molecule has 0 saturated carbocycles. The average Bonchev–Trinajstić information content (AvgIpc) is 2.90. The zero-order valence-electron chi connectivity index (χ0n) is 13.5. The van der Waals surface area contributed by atoms with Gasteiger partial charge in [0.25, 0.3) is 11.8 Å². The van der Waals surface area contributed by atoms with Gasteiger partial charge < -0.3 is 0 Å². The van der Waals surface area contributed by atoms with E-state index in [4.69, 9.17) is 12.2 Å². The largest absolute Gasteiger partial charge is 0.273 e. The third-order valence-corrected chi connectivity index (χ3v) is 4.95. The summed E-state index contributed by atoms with van der Waals surface area (Å²) in [7, 11) is 0. The molecular formula is C20H15NO2S2. The predicted octanol–water partition coefficient (Wildman–Crippen LogP) is 4.59. The zero-order valence-corrected chi connectivity index (χ0v) is 15.1. The van der Waals surface area contributed by atoms with Crippen LogP contribution in [0, 0.1) is 6.92 Å². The number of rotatable bonds is 3. The highest BCUT2D eigenvalue weighted by atomic mass is 32.2. The molecule has 2 aromatic rings. The van der Waals surface area contributed by atoms with Crippen molar-refractivity contribution >= 4 is 46.2 Å². The number of thioether (sulfide) groups is 1. The van der Waals surface area contributed by atoms with Gasteiger partial charge in [-0.1, -0.05) is 84.2 Å². The molecule has 1 heterocycles. The molecule has 2 amide bonds. The maximum absolute atomic E-state index is 12.6. The van der Waals surface area contributed by atoms with Gasteiger partial charge in [-0.05, 0) is 30.7 Å². The van der Waals surface area contributed by atoms with Crippen LogP contribution in [-0.2, 0) is 4.79 Å². The number of carbonyl (C=O) groups excluding carboxylic acids is 2. The smallest absolute Gasteiger partial charge is 0.268 e. The van der Waals surface area contributed by atoms with Crippen molar-refractivity contribution in [1.82, 2.24) is 4.90 Å². The Morgan fingerprint density at radius 2 is 1.76 bits per heavy atom. The second kappa shape index (κ2) is 7.59. The van der Waals surface area contributed by atoms with Crippen LogP contribution < -0.4 is 0 Å². The summed E-state index contributed by atoms with van der Waals surface area (Å²) in [4.78, 5) is 26.6. The number of allylic oxidation sites excluding steroid dienone is 2. The first-order valence-electron chi connectivity index (χ1n) is 7.67. The minimum Gasteiger partial charge on any atom is -0.268 e. The van der Waals surface area contributed by atoms with Crippen LogP contribution in [0.1, 0.15) is 21.5 Å². The molecule has 124 valence electrons. The zero-order chi connectivity index (χ0) is 17.8. The minimum atomic E-state index is -0.391. The van der Waals surface area contributed by atoms with Crippen LogP contribution in [0.25, 0.3) is 6.08 Å². The Hall–Kier alpha value is -2.50. The lowest BCUT2D eigenvalue weighted by Crippen LogP contribution is -2.34. The van der Waals surface area contributed by atoms with E-state index in [9.17, 15) is 9.59 Å². The van der Waals surface area contributed by atoms with E-state index < -0.39 is 5.91 Å². The normalized spacial score (nSPS) is 16.2. The molecule has 0 radical (unpaired) electrons. The highest BCUT2D eigenvalue weighted by Crippen LogP contribution is 2.32. The van der Waals surface area contributed by atoms with Gasteiger partial charge in [-0.25, -0.2) is 4.90 Å². The van der Waals surface area contributed by atoms with E-state index in [0.717, 1.165) is 27.8 Å².